The van der Waals surface area contributed by atoms with E-state index < -0.39 is 0 Å². The zero-order chi connectivity index (χ0) is 13.2. The number of nitrogens with one attached hydrogen (secondary N) is 2. The average Bonchev–Trinajstić information content (AvgIpc) is 2.11. The first-order valence-electron chi connectivity index (χ1n) is 5.11. The number of rotatable bonds is 1. The number of hydrogen-bond donors (Lipinski definition) is 2. The van der Waals surface area contributed by atoms with Crippen molar-refractivity contribution in [3.05, 3.63) is 20.7 Å². The predicted octanol–water partition coefficient (Wildman–Crippen LogP) is 4.00. The molecule has 0 aliphatic carbocycles. The smallest absolute Gasteiger partial charge is 0.172 e. The van der Waals surface area contributed by atoms with Gasteiger partial charge in [-0.15, -0.1) is 0 Å². The van der Waals surface area contributed by atoms with Gasteiger partial charge in [-0.1, -0.05) is 0 Å². The Morgan fingerprint density at radius 3 is 2.41 bits per heavy atom. The molecule has 94 valence electrons. The first-order chi connectivity index (χ1) is 7.69. The normalized spacial score (nSPS) is 11.2. The standard InChI is InChI=1S/C11H15Br2N3S/c1-6-7(12)5-8(13)9(14-6)15-10(17)16-11(2,3)4/h5H,1-4H3,(H2,14,15,16,17). The lowest BCUT2D eigenvalue weighted by atomic mass is 10.1. The zero-order valence-corrected chi connectivity index (χ0v) is 14.2. The lowest BCUT2D eigenvalue weighted by molar-refractivity contribution is 0.514. The Labute approximate surface area is 124 Å². The number of nitrogens with zero attached hydrogens (tertiary/aromatic N) is 1. The maximum Gasteiger partial charge on any atom is 0.172 e. The summed E-state index contributed by atoms with van der Waals surface area (Å²) in [7, 11) is 0. The predicted molar refractivity (Wildman–Crippen MR) is 83.5 cm³/mol. The molecule has 3 nitrogen and oxygen atoms in total. The van der Waals surface area contributed by atoms with E-state index in [1.807, 2.05) is 13.0 Å². The van der Waals surface area contributed by atoms with Gasteiger partial charge in [0.05, 0.1) is 10.2 Å². The van der Waals surface area contributed by atoms with Crippen molar-refractivity contribution >= 4 is 55.0 Å². The van der Waals surface area contributed by atoms with E-state index in [4.69, 9.17) is 12.2 Å². The number of pyridine rings is 1. The fraction of sp³-hybridized carbons (Fsp3) is 0.455. The highest BCUT2D eigenvalue weighted by Crippen LogP contribution is 2.26. The lowest BCUT2D eigenvalue weighted by Gasteiger charge is -2.23. The summed E-state index contributed by atoms with van der Waals surface area (Å²) in [6.45, 7) is 8.09. The third kappa shape index (κ3) is 4.89. The third-order valence-corrected chi connectivity index (χ3v) is 3.44. The summed E-state index contributed by atoms with van der Waals surface area (Å²) in [6.07, 6.45) is 0. The quantitative estimate of drug-likeness (QED) is 0.722. The van der Waals surface area contributed by atoms with Crippen LogP contribution in [-0.4, -0.2) is 15.6 Å². The minimum atomic E-state index is -0.0685. The van der Waals surface area contributed by atoms with Crippen LogP contribution in [0.1, 0.15) is 26.5 Å². The van der Waals surface area contributed by atoms with E-state index in [9.17, 15) is 0 Å². The van der Waals surface area contributed by atoms with Crippen molar-refractivity contribution in [3.8, 4) is 0 Å². The minimum absolute atomic E-state index is 0.0685. The Balaban J connectivity index is 2.82. The van der Waals surface area contributed by atoms with Gasteiger partial charge < -0.3 is 10.6 Å². The molecule has 1 heterocycles. The van der Waals surface area contributed by atoms with Gasteiger partial charge in [-0.05, 0) is 77.8 Å². The molecule has 0 unspecified atom stereocenters. The summed E-state index contributed by atoms with van der Waals surface area (Å²) >= 11 is 12.1. The van der Waals surface area contributed by atoms with Crippen LogP contribution in [0.4, 0.5) is 5.82 Å². The molecular formula is C11H15Br2N3S. The molecule has 6 heteroatoms. The summed E-state index contributed by atoms with van der Waals surface area (Å²) in [5, 5.41) is 6.82. The molecule has 0 saturated heterocycles. The maximum absolute atomic E-state index is 5.23. The molecule has 0 atom stereocenters. The van der Waals surface area contributed by atoms with Crippen LogP contribution in [0.2, 0.25) is 0 Å². The van der Waals surface area contributed by atoms with Crippen LogP contribution < -0.4 is 10.6 Å². The van der Waals surface area contributed by atoms with Crippen LogP contribution in [0.15, 0.2) is 15.0 Å². The van der Waals surface area contributed by atoms with Crippen molar-refractivity contribution in [2.75, 3.05) is 5.32 Å². The van der Waals surface area contributed by atoms with Gasteiger partial charge >= 0.3 is 0 Å². The molecule has 0 aliphatic rings. The fourth-order valence-corrected chi connectivity index (χ4v) is 2.57. The molecule has 0 aromatic carbocycles. The maximum atomic E-state index is 5.23. The zero-order valence-electron chi connectivity index (χ0n) is 10.2. The molecule has 0 saturated carbocycles. The van der Waals surface area contributed by atoms with E-state index >= 15 is 0 Å². The molecule has 1 rings (SSSR count). The highest BCUT2D eigenvalue weighted by atomic mass is 79.9. The molecule has 0 spiro atoms. The Morgan fingerprint density at radius 2 is 1.88 bits per heavy atom. The molecule has 0 aliphatic heterocycles. The highest BCUT2D eigenvalue weighted by Gasteiger charge is 2.13. The molecule has 1 aromatic rings. The number of thiocarbonyl (C=S) groups is 1. The van der Waals surface area contributed by atoms with Gasteiger partial charge in [0.15, 0.2) is 5.11 Å². The Morgan fingerprint density at radius 1 is 1.29 bits per heavy atom. The van der Waals surface area contributed by atoms with E-state index in [2.05, 4.69) is 68.2 Å². The number of aromatic nitrogens is 1. The van der Waals surface area contributed by atoms with Crippen molar-refractivity contribution in [1.82, 2.24) is 10.3 Å². The Bertz CT molecular complexity index is 441. The third-order valence-electron chi connectivity index (χ3n) is 1.83. The number of hydrogen-bond acceptors (Lipinski definition) is 2. The SMILES string of the molecule is Cc1nc(NC(=S)NC(C)(C)C)c(Br)cc1Br. The molecule has 0 bridgehead atoms. The van der Waals surface area contributed by atoms with E-state index in [0.717, 1.165) is 14.6 Å². The molecule has 1 aromatic heterocycles. The second kappa shape index (κ2) is 5.63. The summed E-state index contributed by atoms with van der Waals surface area (Å²) in [5.41, 5.74) is 0.843. The average molecular weight is 381 g/mol. The summed E-state index contributed by atoms with van der Waals surface area (Å²) in [6, 6.07) is 1.95. The molecule has 0 radical (unpaired) electrons. The van der Waals surface area contributed by atoms with Gasteiger partial charge in [-0.25, -0.2) is 4.98 Å². The van der Waals surface area contributed by atoms with Gasteiger partial charge in [-0.3, -0.25) is 0 Å². The van der Waals surface area contributed by atoms with Gasteiger partial charge in [0, 0.05) is 10.0 Å². The summed E-state index contributed by atoms with van der Waals surface area (Å²) in [5.74, 6) is 0.715. The van der Waals surface area contributed by atoms with Crippen molar-refractivity contribution in [1.29, 1.82) is 0 Å². The van der Waals surface area contributed by atoms with Gasteiger partial charge in [0.25, 0.3) is 0 Å². The van der Waals surface area contributed by atoms with E-state index in [1.54, 1.807) is 0 Å². The molecule has 0 fully saturated rings. The van der Waals surface area contributed by atoms with E-state index in [1.165, 1.54) is 0 Å². The Hall–Kier alpha value is -0.200. The molecule has 2 N–H and O–H groups in total. The first kappa shape index (κ1) is 14.9. The Kier molecular flexibility index (Phi) is 4.92. The van der Waals surface area contributed by atoms with Crippen LogP contribution in [0.3, 0.4) is 0 Å². The van der Waals surface area contributed by atoms with Crippen molar-refractivity contribution in [2.24, 2.45) is 0 Å². The minimum Gasteiger partial charge on any atom is -0.358 e. The molecular weight excluding hydrogens is 366 g/mol. The fourth-order valence-electron chi connectivity index (χ4n) is 1.13. The molecule has 17 heavy (non-hydrogen) atoms. The van der Waals surface area contributed by atoms with E-state index in [-0.39, 0.29) is 5.54 Å². The monoisotopic (exact) mass is 379 g/mol. The number of anilines is 1. The second-order valence-corrected chi connectivity index (χ2v) is 6.83. The number of halogens is 2. The van der Waals surface area contributed by atoms with Crippen LogP contribution in [0.5, 0.6) is 0 Å². The van der Waals surface area contributed by atoms with Crippen LogP contribution in [-0.2, 0) is 0 Å². The van der Waals surface area contributed by atoms with Gasteiger partial charge in [0.1, 0.15) is 5.82 Å². The first-order valence-corrected chi connectivity index (χ1v) is 7.10. The van der Waals surface area contributed by atoms with Crippen LogP contribution in [0.25, 0.3) is 0 Å². The van der Waals surface area contributed by atoms with Crippen molar-refractivity contribution < 1.29 is 0 Å². The van der Waals surface area contributed by atoms with Crippen LogP contribution >= 0.6 is 44.1 Å². The van der Waals surface area contributed by atoms with Gasteiger partial charge in [0.2, 0.25) is 0 Å². The summed E-state index contributed by atoms with van der Waals surface area (Å²) in [4.78, 5) is 4.41. The highest BCUT2D eigenvalue weighted by molar-refractivity contribution is 9.11. The summed E-state index contributed by atoms with van der Waals surface area (Å²) < 4.78 is 1.83. The number of aryl methyl sites for hydroxylation is 1. The second-order valence-electron chi connectivity index (χ2n) is 4.72. The van der Waals surface area contributed by atoms with Crippen molar-refractivity contribution in [3.63, 3.8) is 0 Å². The largest absolute Gasteiger partial charge is 0.358 e. The topological polar surface area (TPSA) is 37.0 Å². The van der Waals surface area contributed by atoms with Crippen molar-refractivity contribution in [2.45, 2.75) is 33.2 Å². The lowest BCUT2D eigenvalue weighted by Crippen LogP contribution is -2.43. The van der Waals surface area contributed by atoms with E-state index in [0.29, 0.717) is 10.9 Å². The molecule has 0 amide bonds. The van der Waals surface area contributed by atoms with Gasteiger partial charge in [-0.2, -0.15) is 0 Å². The van der Waals surface area contributed by atoms with Crippen LogP contribution in [0, 0.1) is 6.92 Å².